The first-order valence-corrected chi connectivity index (χ1v) is 5.55. The third-order valence-electron chi connectivity index (χ3n) is 2.19. The lowest BCUT2D eigenvalue weighted by Crippen LogP contribution is -1.98. The van der Waals surface area contributed by atoms with E-state index in [4.69, 9.17) is 0 Å². The van der Waals surface area contributed by atoms with Crippen molar-refractivity contribution < 1.29 is 4.79 Å². The van der Waals surface area contributed by atoms with Gasteiger partial charge in [-0.25, -0.2) is 0 Å². The van der Waals surface area contributed by atoms with Crippen molar-refractivity contribution in [2.75, 3.05) is 0 Å². The van der Waals surface area contributed by atoms with E-state index in [1.165, 1.54) is 11.3 Å². The van der Waals surface area contributed by atoms with Crippen LogP contribution < -0.4 is 0 Å². The smallest absolute Gasteiger partial charge is 0.193 e. The maximum Gasteiger partial charge on any atom is 0.193 e. The van der Waals surface area contributed by atoms with Crippen LogP contribution in [-0.4, -0.2) is 5.78 Å². The van der Waals surface area contributed by atoms with Crippen LogP contribution in [0.3, 0.4) is 0 Å². The van der Waals surface area contributed by atoms with Crippen LogP contribution in [-0.2, 0) is 0 Å². The fourth-order valence-electron chi connectivity index (χ4n) is 1.33. The molecular weight excluding hydrogens is 204 g/mol. The number of thiophene rings is 1. The van der Waals surface area contributed by atoms with Gasteiger partial charge in [-0.1, -0.05) is 36.9 Å². The summed E-state index contributed by atoms with van der Waals surface area (Å²) in [6.45, 7) is 3.67. The molecule has 2 rings (SSSR count). The minimum Gasteiger partial charge on any atom is -0.289 e. The van der Waals surface area contributed by atoms with Crippen LogP contribution in [0.25, 0.3) is 6.08 Å². The van der Waals surface area contributed by atoms with E-state index in [0.29, 0.717) is 0 Å². The maximum absolute atomic E-state index is 11.9. The summed E-state index contributed by atoms with van der Waals surface area (Å²) in [6, 6.07) is 9.29. The first kappa shape index (κ1) is 9.87. The predicted octanol–water partition coefficient (Wildman–Crippen LogP) is 3.62. The summed E-state index contributed by atoms with van der Waals surface area (Å²) in [5.41, 5.74) is 2.50. The number of benzene rings is 1. The van der Waals surface area contributed by atoms with Gasteiger partial charge in [0.15, 0.2) is 5.78 Å². The molecule has 1 nitrogen and oxygen atoms in total. The molecule has 0 aliphatic heterocycles. The molecule has 0 radical (unpaired) electrons. The molecule has 0 bridgehead atoms. The Morgan fingerprint density at radius 1 is 1.13 bits per heavy atom. The number of hydrogen-bond donors (Lipinski definition) is 0. The SMILES string of the molecule is C=Cc1ccc(C(=O)c2ccsc2)cc1. The summed E-state index contributed by atoms with van der Waals surface area (Å²) in [7, 11) is 0. The summed E-state index contributed by atoms with van der Waals surface area (Å²) >= 11 is 1.53. The van der Waals surface area contributed by atoms with Gasteiger partial charge in [-0.05, 0) is 17.0 Å². The molecule has 0 unspecified atom stereocenters. The Labute approximate surface area is 92.7 Å². The van der Waals surface area contributed by atoms with E-state index in [9.17, 15) is 4.79 Å². The molecule has 15 heavy (non-hydrogen) atoms. The maximum atomic E-state index is 11.9. The zero-order chi connectivity index (χ0) is 10.7. The number of rotatable bonds is 3. The minimum atomic E-state index is 0.0758. The van der Waals surface area contributed by atoms with E-state index in [1.54, 1.807) is 6.08 Å². The molecular formula is C13H10OS. The summed E-state index contributed by atoms with van der Waals surface area (Å²) in [4.78, 5) is 11.9. The monoisotopic (exact) mass is 214 g/mol. The Kier molecular flexibility index (Phi) is 2.79. The van der Waals surface area contributed by atoms with E-state index < -0.39 is 0 Å². The highest BCUT2D eigenvalue weighted by Gasteiger charge is 2.08. The molecule has 0 saturated carbocycles. The van der Waals surface area contributed by atoms with Crippen molar-refractivity contribution in [1.29, 1.82) is 0 Å². The van der Waals surface area contributed by atoms with Gasteiger partial charge in [-0.2, -0.15) is 11.3 Å². The van der Waals surface area contributed by atoms with Crippen LogP contribution in [0.5, 0.6) is 0 Å². The van der Waals surface area contributed by atoms with Crippen LogP contribution in [0.1, 0.15) is 21.5 Å². The van der Waals surface area contributed by atoms with Crippen LogP contribution in [0, 0.1) is 0 Å². The first-order valence-electron chi connectivity index (χ1n) is 4.60. The van der Waals surface area contributed by atoms with Gasteiger partial charge in [0.1, 0.15) is 0 Å². The van der Waals surface area contributed by atoms with Gasteiger partial charge in [-0.3, -0.25) is 4.79 Å². The Morgan fingerprint density at radius 3 is 2.40 bits per heavy atom. The lowest BCUT2D eigenvalue weighted by Gasteiger charge is -1.98. The molecule has 2 aromatic rings. The summed E-state index contributed by atoms with van der Waals surface area (Å²) < 4.78 is 0. The van der Waals surface area contributed by atoms with Crippen molar-refractivity contribution >= 4 is 23.2 Å². The molecule has 0 amide bonds. The fourth-order valence-corrected chi connectivity index (χ4v) is 1.97. The van der Waals surface area contributed by atoms with Crippen molar-refractivity contribution in [1.82, 2.24) is 0 Å². The molecule has 0 fully saturated rings. The third kappa shape index (κ3) is 2.05. The molecule has 74 valence electrons. The molecule has 1 aromatic heterocycles. The van der Waals surface area contributed by atoms with E-state index in [-0.39, 0.29) is 5.78 Å². The van der Waals surface area contributed by atoms with Crippen LogP contribution >= 0.6 is 11.3 Å². The zero-order valence-corrected chi connectivity index (χ0v) is 8.96. The van der Waals surface area contributed by atoms with Crippen molar-refractivity contribution in [3.63, 3.8) is 0 Å². The molecule has 0 aliphatic carbocycles. The van der Waals surface area contributed by atoms with Crippen LogP contribution in [0.15, 0.2) is 47.7 Å². The minimum absolute atomic E-state index is 0.0758. The van der Waals surface area contributed by atoms with Crippen molar-refractivity contribution in [3.8, 4) is 0 Å². The Balaban J connectivity index is 2.30. The van der Waals surface area contributed by atoms with Gasteiger partial charge in [0.25, 0.3) is 0 Å². The van der Waals surface area contributed by atoms with Gasteiger partial charge < -0.3 is 0 Å². The van der Waals surface area contributed by atoms with Gasteiger partial charge in [0, 0.05) is 16.5 Å². The highest BCUT2D eigenvalue weighted by atomic mass is 32.1. The van der Waals surface area contributed by atoms with E-state index in [0.717, 1.165) is 16.7 Å². The molecule has 0 N–H and O–H groups in total. The van der Waals surface area contributed by atoms with E-state index >= 15 is 0 Å². The quantitative estimate of drug-likeness (QED) is 0.713. The second-order valence-corrected chi connectivity index (χ2v) is 3.95. The number of carbonyl (C=O) groups is 1. The number of hydrogen-bond acceptors (Lipinski definition) is 2. The largest absolute Gasteiger partial charge is 0.289 e. The van der Waals surface area contributed by atoms with Crippen molar-refractivity contribution in [2.24, 2.45) is 0 Å². The Hall–Kier alpha value is -1.67. The Bertz CT molecular complexity index is 466. The van der Waals surface area contributed by atoms with Crippen LogP contribution in [0.4, 0.5) is 0 Å². The highest BCUT2D eigenvalue weighted by molar-refractivity contribution is 7.08. The molecule has 2 heteroatoms. The van der Waals surface area contributed by atoms with Crippen molar-refractivity contribution in [3.05, 3.63) is 64.4 Å². The molecule has 1 heterocycles. The molecule has 0 atom stereocenters. The second kappa shape index (κ2) is 4.24. The Morgan fingerprint density at radius 2 is 1.87 bits per heavy atom. The topological polar surface area (TPSA) is 17.1 Å². The zero-order valence-electron chi connectivity index (χ0n) is 8.14. The summed E-state index contributed by atoms with van der Waals surface area (Å²) in [5.74, 6) is 0.0758. The lowest BCUT2D eigenvalue weighted by atomic mass is 10.0. The molecule has 0 saturated heterocycles. The summed E-state index contributed by atoms with van der Waals surface area (Å²) in [6.07, 6.45) is 1.76. The normalized spacial score (nSPS) is 9.87. The molecule has 0 spiro atoms. The van der Waals surface area contributed by atoms with Crippen LogP contribution in [0.2, 0.25) is 0 Å². The lowest BCUT2D eigenvalue weighted by molar-refractivity contribution is 0.103. The van der Waals surface area contributed by atoms with Crippen molar-refractivity contribution in [2.45, 2.75) is 0 Å². The van der Waals surface area contributed by atoms with Gasteiger partial charge in [0.05, 0.1) is 0 Å². The number of carbonyl (C=O) groups excluding carboxylic acids is 1. The highest BCUT2D eigenvalue weighted by Crippen LogP contribution is 2.14. The van der Waals surface area contributed by atoms with E-state index in [2.05, 4.69) is 6.58 Å². The standard InChI is InChI=1S/C13H10OS/c1-2-10-3-5-11(6-4-10)13(14)12-7-8-15-9-12/h2-9H,1H2. The average Bonchev–Trinajstić information content (AvgIpc) is 2.82. The average molecular weight is 214 g/mol. The predicted molar refractivity (Wildman–Crippen MR) is 64.3 cm³/mol. The first-order chi connectivity index (χ1) is 7.31. The van der Waals surface area contributed by atoms with E-state index in [1.807, 2.05) is 41.1 Å². The molecule has 1 aromatic carbocycles. The summed E-state index contributed by atoms with van der Waals surface area (Å²) in [5, 5.41) is 3.77. The third-order valence-corrected chi connectivity index (χ3v) is 2.88. The van der Waals surface area contributed by atoms with Gasteiger partial charge >= 0.3 is 0 Å². The second-order valence-electron chi connectivity index (χ2n) is 3.17. The van der Waals surface area contributed by atoms with Gasteiger partial charge in [0.2, 0.25) is 0 Å². The molecule has 0 aliphatic rings. The fraction of sp³-hybridized carbons (Fsp3) is 0. The number of ketones is 1. The van der Waals surface area contributed by atoms with Gasteiger partial charge in [-0.15, -0.1) is 0 Å².